The van der Waals surface area contributed by atoms with Gasteiger partial charge in [-0.1, -0.05) is 55.1 Å². The first-order valence-electron chi connectivity index (χ1n) is 13.3. The molecule has 3 aliphatic heterocycles. The molecule has 0 aliphatic carbocycles. The third kappa shape index (κ3) is 5.57. The van der Waals surface area contributed by atoms with E-state index in [4.69, 9.17) is 9.26 Å². The Balaban J connectivity index is 1.29. The molecular weight excluding hydrogens is 518 g/mol. The van der Waals surface area contributed by atoms with Crippen LogP contribution in [0, 0.1) is 0 Å². The summed E-state index contributed by atoms with van der Waals surface area (Å²) in [6.45, 7) is 7.62. The van der Waals surface area contributed by atoms with Crippen molar-refractivity contribution in [3.8, 4) is 11.4 Å². The number of ether oxygens (including phenoxy) is 1. The van der Waals surface area contributed by atoms with E-state index >= 15 is 0 Å². The molecule has 0 bridgehead atoms. The molecule has 5 rings (SSSR count). The monoisotopic (exact) mass is 551 g/mol. The van der Waals surface area contributed by atoms with Gasteiger partial charge in [0.2, 0.25) is 17.6 Å². The van der Waals surface area contributed by atoms with Crippen molar-refractivity contribution in [3.05, 3.63) is 47.5 Å². The van der Waals surface area contributed by atoms with Gasteiger partial charge in [-0.15, -0.1) is 0 Å². The number of imide groups is 2. The standard InChI is InChI=1S/C27H33N5O6Si/c1-39(2,3)15-14-37-17-31-22(33)12-11-20(26(31)35)32-25(34)19-10-7-13-30(23(19)27(32)36)16-21-28-24(29-38-21)18-8-5-4-6-9-18/h4-6,8-9,20H,7,10-17H2,1-3H3. The molecule has 4 amide bonds. The summed E-state index contributed by atoms with van der Waals surface area (Å²) < 4.78 is 11.1. The van der Waals surface area contributed by atoms with Gasteiger partial charge in [-0.05, 0) is 25.3 Å². The third-order valence-electron chi connectivity index (χ3n) is 7.19. The van der Waals surface area contributed by atoms with Gasteiger partial charge < -0.3 is 14.2 Å². The number of hydrogen-bond acceptors (Lipinski definition) is 9. The summed E-state index contributed by atoms with van der Waals surface area (Å²) >= 11 is 0. The second-order valence-corrected chi connectivity index (χ2v) is 16.9. The number of likely N-dealkylation sites (tertiary alicyclic amines) is 1. The number of rotatable bonds is 9. The number of carbonyl (C=O) groups excluding carboxylic acids is 4. The van der Waals surface area contributed by atoms with E-state index in [1.807, 2.05) is 30.3 Å². The molecular formula is C27H33N5O6Si. The Labute approximate surface area is 227 Å². The van der Waals surface area contributed by atoms with Crippen LogP contribution in [0.15, 0.2) is 46.1 Å². The Kier molecular flexibility index (Phi) is 7.50. The maximum Gasteiger partial charge on any atom is 0.278 e. The van der Waals surface area contributed by atoms with Gasteiger partial charge in [0.25, 0.3) is 17.7 Å². The van der Waals surface area contributed by atoms with Crippen LogP contribution in [0.4, 0.5) is 0 Å². The summed E-state index contributed by atoms with van der Waals surface area (Å²) in [5.41, 5.74) is 1.47. The average Bonchev–Trinajstić information content (AvgIpc) is 3.47. The predicted octanol–water partition coefficient (Wildman–Crippen LogP) is 2.79. The maximum absolute atomic E-state index is 13.6. The molecule has 206 valence electrons. The molecule has 12 heteroatoms. The van der Waals surface area contributed by atoms with Crippen LogP contribution in [0.25, 0.3) is 11.4 Å². The van der Waals surface area contributed by atoms with E-state index in [9.17, 15) is 19.2 Å². The summed E-state index contributed by atoms with van der Waals surface area (Å²) in [6, 6.07) is 9.27. The quantitative estimate of drug-likeness (QED) is 0.263. The Morgan fingerprint density at radius 2 is 1.82 bits per heavy atom. The van der Waals surface area contributed by atoms with Crippen molar-refractivity contribution in [1.29, 1.82) is 0 Å². The molecule has 1 aromatic heterocycles. The van der Waals surface area contributed by atoms with E-state index in [1.165, 1.54) is 0 Å². The highest BCUT2D eigenvalue weighted by molar-refractivity contribution is 6.76. The van der Waals surface area contributed by atoms with Crippen molar-refractivity contribution in [3.63, 3.8) is 0 Å². The highest BCUT2D eigenvalue weighted by Crippen LogP contribution is 2.35. The SMILES string of the molecule is C[Si](C)(C)CCOCN1C(=O)CCC(N2C(=O)C3=C(C2=O)N(Cc2nc(-c4ccccc4)no2)CCC3)C1=O. The molecule has 2 aromatic rings. The van der Waals surface area contributed by atoms with Crippen LogP contribution < -0.4 is 0 Å². The summed E-state index contributed by atoms with van der Waals surface area (Å²) in [6.07, 6.45) is 1.27. The fraction of sp³-hybridized carbons (Fsp3) is 0.481. The van der Waals surface area contributed by atoms with E-state index in [0.717, 1.165) is 21.4 Å². The second kappa shape index (κ2) is 10.9. The van der Waals surface area contributed by atoms with Gasteiger partial charge in [-0.2, -0.15) is 4.98 Å². The van der Waals surface area contributed by atoms with Crippen LogP contribution in [0.3, 0.4) is 0 Å². The number of piperidine rings is 1. The lowest BCUT2D eigenvalue weighted by atomic mass is 10.0. The van der Waals surface area contributed by atoms with Crippen molar-refractivity contribution in [2.24, 2.45) is 0 Å². The first-order chi connectivity index (χ1) is 18.6. The van der Waals surface area contributed by atoms with Crippen molar-refractivity contribution >= 4 is 31.7 Å². The molecule has 4 heterocycles. The van der Waals surface area contributed by atoms with E-state index in [1.54, 1.807) is 4.90 Å². The molecule has 3 aliphatic rings. The molecule has 0 spiro atoms. The highest BCUT2D eigenvalue weighted by Gasteiger charge is 2.50. The maximum atomic E-state index is 13.6. The topological polar surface area (TPSA) is 126 Å². The van der Waals surface area contributed by atoms with Crippen LogP contribution in [0.2, 0.25) is 25.7 Å². The summed E-state index contributed by atoms with van der Waals surface area (Å²) in [5.74, 6) is -1.16. The van der Waals surface area contributed by atoms with E-state index in [0.29, 0.717) is 43.3 Å². The Hall–Kier alpha value is -3.64. The lowest BCUT2D eigenvalue weighted by molar-refractivity contribution is -0.164. The van der Waals surface area contributed by atoms with E-state index in [-0.39, 0.29) is 37.7 Å². The van der Waals surface area contributed by atoms with Crippen molar-refractivity contribution in [2.45, 2.75) is 64.0 Å². The van der Waals surface area contributed by atoms with Crippen molar-refractivity contribution < 1.29 is 28.4 Å². The minimum absolute atomic E-state index is 0.0590. The Bertz CT molecular complexity index is 1320. The normalized spacial score (nSPS) is 20.4. The lowest BCUT2D eigenvalue weighted by Crippen LogP contribution is -2.57. The van der Waals surface area contributed by atoms with Crippen LogP contribution in [0.1, 0.15) is 31.6 Å². The van der Waals surface area contributed by atoms with Crippen LogP contribution in [-0.2, 0) is 30.5 Å². The molecule has 1 unspecified atom stereocenters. The Morgan fingerprint density at radius 3 is 2.56 bits per heavy atom. The zero-order chi connectivity index (χ0) is 27.7. The zero-order valence-corrected chi connectivity index (χ0v) is 23.5. The molecule has 1 aromatic carbocycles. The van der Waals surface area contributed by atoms with Gasteiger partial charge in [0.1, 0.15) is 18.5 Å². The number of benzene rings is 1. The lowest BCUT2D eigenvalue weighted by Gasteiger charge is -2.34. The number of carbonyl (C=O) groups is 4. The number of amides is 4. The van der Waals surface area contributed by atoms with Gasteiger partial charge in [0, 0.05) is 38.8 Å². The highest BCUT2D eigenvalue weighted by atomic mass is 28.3. The predicted molar refractivity (Wildman–Crippen MR) is 142 cm³/mol. The van der Waals surface area contributed by atoms with E-state index in [2.05, 4.69) is 29.8 Å². The number of nitrogens with zero attached hydrogens (tertiary/aromatic N) is 5. The molecule has 0 saturated carbocycles. The van der Waals surface area contributed by atoms with Gasteiger partial charge >= 0.3 is 0 Å². The summed E-state index contributed by atoms with van der Waals surface area (Å²) in [4.78, 5) is 61.3. The minimum atomic E-state index is -1.34. The zero-order valence-electron chi connectivity index (χ0n) is 22.5. The Morgan fingerprint density at radius 1 is 1.05 bits per heavy atom. The first-order valence-corrected chi connectivity index (χ1v) is 17.0. The average molecular weight is 552 g/mol. The van der Waals surface area contributed by atoms with Crippen LogP contribution in [-0.4, -0.2) is 82.5 Å². The molecule has 1 fully saturated rings. The molecule has 39 heavy (non-hydrogen) atoms. The molecule has 0 N–H and O–H groups in total. The van der Waals surface area contributed by atoms with E-state index < -0.39 is 31.8 Å². The molecule has 11 nitrogen and oxygen atoms in total. The fourth-order valence-corrected chi connectivity index (χ4v) is 5.81. The van der Waals surface area contributed by atoms with Gasteiger partial charge in [0.05, 0.1) is 6.54 Å². The molecule has 1 atom stereocenters. The van der Waals surface area contributed by atoms with Gasteiger partial charge in [0.15, 0.2) is 0 Å². The van der Waals surface area contributed by atoms with Crippen LogP contribution in [0.5, 0.6) is 0 Å². The third-order valence-corrected chi connectivity index (χ3v) is 8.90. The van der Waals surface area contributed by atoms with Crippen LogP contribution >= 0.6 is 0 Å². The van der Waals surface area contributed by atoms with Gasteiger partial charge in [-0.25, -0.2) is 0 Å². The van der Waals surface area contributed by atoms with Crippen molar-refractivity contribution in [2.75, 3.05) is 19.9 Å². The van der Waals surface area contributed by atoms with Crippen molar-refractivity contribution in [1.82, 2.24) is 24.8 Å². The number of hydrogen-bond donors (Lipinski definition) is 0. The minimum Gasteiger partial charge on any atom is -0.361 e. The first kappa shape index (κ1) is 26.9. The number of aromatic nitrogens is 2. The summed E-state index contributed by atoms with van der Waals surface area (Å²) in [7, 11) is -1.34. The smallest absolute Gasteiger partial charge is 0.278 e. The largest absolute Gasteiger partial charge is 0.361 e. The second-order valence-electron chi connectivity index (χ2n) is 11.3. The molecule has 0 radical (unpaired) electrons. The fourth-order valence-electron chi connectivity index (χ4n) is 5.05. The molecule has 1 saturated heterocycles. The summed E-state index contributed by atoms with van der Waals surface area (Å²) in [5, 5.41) is 4.05. The van der Waals surface area contributed by atoms with Gasteiger partial charge in [-0.3, -0.25) is 29.0 Å².